The standard InChI is InChI=1S/C20H21BrClNO3/c1-13(24)15-7-6-14-8-9-17(18(21)16(14)12-15)23(11-5-10-22)19(25)26-20(2,3)4/h5-10,12H,11H2,1-4H3/b10-5+. The van der Waals surface area contributed by atoms with Crippen molar-refractivity contribution < 1.29 is 14.3 Å². The highest BCUT2D eigenvalue weighted by atomic mass is 79.9. The van der Waals surface area contributed by atoms with Gasteiger partial charge in [-0.25, -0.2) is 4.79 Å². The van der Waals surface area contributed by atoms with Crippen LogP contribution in [0.2, 0.25) is 0 Å². The average molecular weight is 439 g/mol. The number of carbonyl (C=O) groups excluding carboxylic acids is 2. The lowest BCUT2D eigenvalue weighted by atomic mass is 10.0. The summed E-state index contributed by atoms with van der Waals surface area (Å²) in [6.45, 7) is 7.23. The van der Waals surface area contributed by atoms with Gasteiger partial charge < -0.3 is 4.74 Å². The Hall–Kier alpha value is -1.85. The Bertz CT molecular complexity index is 871. The topological polar surface area (TPSA) is 46.6 Å². The maximum Gasteiger partial charge on any atom is 0.415 e. The number of rotatable bonds is 4. The fourth-order valence-electron chi connectivity index (χ4n) is 2.43. The van der Waals surface area contributed by atoms with E-state index in [2.05, 4.69) is 15.9 Å². The molecule has 2 aromatic carbocycles. The molecule has 1 amide bonds. The molecule has 0 radical (unpaired) electrons. The average Bonchev–Trinajstić information content (AvgIpc) is 2.55. The highest BCUT2D eigenvalue weighted by molar-refractivity contribution is 9.10. The Morgan fingerprint density at radius 3 is 2.46 bits per heavy atom. The lowest BCUT2D eigenvalue weighted by Gasteiger charge is -2.27. The van der Waals surface area contributed by atoms with Gasteiger partial charge in [-0.3, -0.25) is 9.69 Å². The van der Waals surface area contributed by atoms with Crippen molar-refractivity contribution in [3.05, 3.63) is 52.0 Å². The maximum atomic E-state index is 12.7. The third kappa shape index (κ3) is 4.86. The SMILES string of the molecule is CC(=O)c1ccc2ccc(N(C/C=C/Cl)C(=O)OC(C)(C)C)c(Br)c2c1. The van der Waals surface area contributed by atoms with Crippen LogP contribution in [-0.2, 0) is 4.74 Å². The number of hydrogen-bond donors (Lipinski definition) is 0. The highest BCUT2D eigenvalue weighted by Gasteiger charge is 2.24. The van der Waals surface area contributed by atoms with Crippen molar-refractivity contribution in [2.24, 2.45) is 0 Å². The van der Waals surface area contributed by atoms with Gasteiger partial charge in [-0.1, -0.05) is 35.9 Å². The first kappa shape index (κ1) is 20.5. The fraction of sp³-hybridized carbons (Fsp3) is 0.300. The van der Waals surface area contributed by atoms with E-state index in [9.17, 15) is 9.59 Å². The monoisotopic (exact) mass is 437 g/mol. The van der Waals surface area contributed by atoms with E-state index in [0.717, 1.165) is 10.8 Å². The molecule has 0 aromatic heterocycles. The summed E-state index contributed by atoms with van der Waals surface area (Å²) in [6.07, 6.45) is 1.18. The molecule has 138 valence electrons. The van der Waals surface area contributed by atoms with E-state index in [-0.39, 0.29) is 12.3 Å². The van der Waals surface area contributed by atoms with Crippen LogP contribution in [0.3, 0.4) is 0 Å². The molecule has 6 heteroatoms. The second kappa shape index (κ2) is 8.23. The molecule has 0 heterocycles. The number of amides is 1. The van der Waals surface area contributed by atoms with Gasteiger partial charge in [0.15, 0.2) is 5.78 Å². The summed E-state index contributed by atoms with van der Waals surface area (Å²) in [4.78, 5) is 25.9. The molecule has 2 aromatic rings. The molecule has 0 saturated carbocycles. The van der Waals surface area contributed by atoms with Crippen LogP contribution in [0.15, 0.2) is 46.4 Å². The molecule has 0 aliphatic rings. The van der Waals surface area contributed by atoms with Gasteiger partial charge in [0, 0.05) is 22.1 Å². The van der Waals surface area contributed by atoms with Crippen molar-refractivity contribution in [2.45, 2.75) is 33.3 Å². The second-order valence-corrected chi connectivity index (χ2v) is 7.89. The predicted molar refractivity (Wildman–Crippen MR) is 110 cm³/mol. The van der Waals surface area contributed by atoms with E-state index in [0.29, 0.717) is 15.7 Å². The largest absolute Gasteiger partial charge is 0.443 e. The molecule has 0 spiro atoms. The Kier molecular flexibility index (Phi) is 6.48. The van der Waals surface area contributed by atoms with Crippen molar-refractivity contribution in [3.8, 4) is 0 Å². The second-order valence-electron chi connectivity index (χ2n) is 6.84. The van der Waals surface area contributed by atoms with Crippen LogP contribution >= 0.6 is 27.5 Å². The van der Waals surface area contributed by atoms with Crippen LogP contribution in [0.4, 0.5) is 10.5 Å². The van der Waals surface area contributed by atoms with Crippen LogP contribution in [0.5, 0.6) is 0 Å². The molecule has 0 atom stereocenters. The van der Waals surface area contributed by atoms with Gasteiger partial charge in [0.1, 0.15) is 5.60 Å². The number of halogens is 2. The van der Waals surface area contributed by atoms with E-state index >= 15 is 0 Å². The number of benzene rings is 2. The minimum Gasteiger partial charge on any atom is -0.443 e. The third-order valence-electron chi connectivity index (χ3n) is 3.62. The van der Waals surface area contributed by atoms with Crippen LogP contribution in [0.25, 0.3) is 10.8 Å². The van der Waals surface area contributed by atoms with Crippen LogP contribution in [0, 0.1) is 0 Å². The van der Waals surface area contributed by atoms with Gasteiger partial charge in [-0.15, -0.1) is 0 Å². The molecular weight excluding hydrogens is 418 g/mol. The lowest BCUT2D eigenvalue weighted by molar-refractivity contribution is 0.0584. The number of hydrogen-bond acceptors (Lipinski definition) is 3. The van der Waals surface area contributed by atoms with Gasteiger partial charge in [0.25, 0.3) is 0 Å². The zero-order chi connectivity index (χ0) is 19.5. The molecule has 0 bridgehead atoms. The first-order valence-electron chi connectivity index (χ1n) is 8.13. The molecule has 26 heavy (non-hydrogen) atoms. The highest BCUT2D eigenvalue weighted by Crippen LogP contribution is 2.35. The van der Waals surface area contributed by atoms with Gasteiger partial charge in [0.05, 0.1) is 5.69 Å². The Morgan fingerprint density at radius 2 is 1.88 bits per heavy atom. The Balaban J connectivity index is 2.56. The smallest absolute Gasteiger partial charge is 0.415 e. The number of fused-ring (bicyclic) bond motifs is 1. The van der Waals surface area contributed by atoms with E-state index < -0.39 is 11.7 Å². The van der Waals surface area contributed by atoms with Crippen molar-refractivity contribution in [1.29, 1.82) is 0 Å². The molecule has 0 aliphatic heterocycles. The molecule has 0 fully saturated rings. The fourth-order valence-corrected chi connectivity index (χ4v) is 3.20. The molecule has 2 rings (SSSR count). The maximum absolute atomic E-state index is 12.7. The summed E-state index contributed by atoms with van der Waals surface area (Å²) in [5.41, 5.74) is 1.99. The third-order valence-corrected chi connectivity index (χ3v) is 4.64. The van der Waals surface area contributed by atoms with E-state index in [1.807, 2.05) is 45.0 Å². The molecule has 0 N–H and O–H groups in total. The molecular formula is C20H21BrClNO3. The Morgan fingerprint density at radius 1 is 1.23 bits per heavy atom. The lowest BCUT2D eigenvalue weighted by Crippen LogP contribution is -2.37. The molecule has 0 unspecified atom stereocenters. The summed E-state index contributed by atoms with van der Waals surface area (Å²) in [5.74, 6) is -0.0155. The summed E-state index contributed by atoms with van der Waals surface area (Å²) in [7, 11) is 0. The van der Waals surface area contributed by atoms with E-state index in [4.69, 9.17) is 16.3 Å². The van der Waals surface area contributed by atoms with Crippen molar-refractivity contribution in [2.75, 3.05) is 11.4 Å². The van der Waals surface area contributed by atoms with Gasteiger partial charge in [-0.05, 0) is 66.5 Å². The number of ketones is 1. The summed E-state index contributed by atoms with van der Waals surface area (Å²) >= 11 is 9.24. The van der Waals surface area contributed by atoms with Crippen molar-refractivity contribution >= 4 is 55.9 Å². The molecule has 0 aliphatic carbocycles. The summed E-state index contributed by atoms with van der Waals surface area (Å²) in [6, 6.07) is 9.23. The minimum absolute atomic E-state index is 0.0155. The first-order valence-corrected chi connectivity index (χ1v) is 9.36. The predicted octanol–water partition coefficient (Wildman–Crippen LogP) is 6.30. The number of Topliss-reactive ketones (excluding diaryl/α,β-unsaturated/α-hetero) is 1. The van der Waals surface area contributed by atoms with Crippen molar-refractivity contribution in [1.82, 2.24) is 0 Å². The summed E-state index contributed by atoms with van der Waals surface area (Å²) in [5, 5.41) is 1.81. The van der Waals surface area contributed by atoms with Gasteiger partial charge >= 0.3 is 6.09 Å². The Labute approximate surface area is 166 Å². The zero-order valence-corrected chi connectivity index (χ0v) is 17.5. The quantitative estimate of drug-likeness (QED) is 0.526. The van der Waals surface area contributed by atoms with E-state index in [1.165, 1.54) is 17.4 Å². The minimum atomic E-state index is -0.620. The summed E-state index contributed by atoms with van der Waals surface area (Å²) < 4.78 is 6.23. The van der Waals surface area contributed by atoms with Crippen LogP contribution < -0.4 is 4.90 Å². The number of anilines is 1. The van der Waals surface area contributed by atoms with Crippen LogP contribution in [0.1, 0.15) is 38.1 Å². The zero-order valence-electron chi connectivity index (χ0n) is 15.2. The van der Waals surface area contributed by atoms with Gasteiger partial charge in [-0.2, -0.15) is 0 Å². The van der Waals surface area contributed by atoms with Crippen molar-refractivity contribution in [3.63, 3.8) is 0 Å². The number of carbonyl (C=O) groups is 2. The molecule has 0 saturated heterocycles. The number of nitrogens with zero attached hydrogens (tertiary/aromatic N) is 1. The molecule has 4 nitrogen and oxygen atoms in total. The van der Waals surface area contributed by atoms with E-state index in [1.54, 1.807) is 12.1 Å². The van der Waals surface area contributed by atoms with Crippen LogP contribution in [-0.4, -0.2) is 24.0 Å². The first-order chi connectivity index (χ1) is 12.1. The number of ether oxygens (including phenoxy) is 1. The van der Waals surface area contributed by atoms with Gasteiger partial charge in [0.2, 0.25) is 0 Å². The normalized spacial score (nSPS) is 11.8.